The Morgan fingerprint density at radius 2 is 2.31 bits per heavy atom. The molecule has 1 saturated heterocycles. The Morgan fingerprint density at radius 3 is 3.08 bits per heavy atom. The minimum atomic E-state index is -0.0765. The Morgan fingerprint density at radius 1 is 1.42 bits per heavy atom. The molecule has 0 saturated carbocycles. The Bertz CT molecular complexity index is 983. The minimum absolute atomic E-state index is 0.0324. The highest BCUT2D eigenvalue weighted by Crippen LogP contribution is 2.42. The molecule has 1 unspecified atom stereocenters. The van der Waals surface area contributed by atoms with Crippen LogP contribution in [0.1, 0.15) is 25.5 Å². The number of halogens is 2. The lowest BCUT2D eigenvalue weighted by molar-refractivity contribution is -0.0394. The summed E-state index contributed by atoms with van der Waals surface area (Å²) in [6.07, 6.45) is 8.73. The summed E-state index contributed by atoms with van der Waals surface area (Å²) >= 11 is 12.5. The highest BCUT2D eigenvalue weighted by Gasteiger charge is 2.20. The van der Waals surface area contributed by atoms with Crippen LogP contribution < -0.4 is 4.74 Å². The van der Waals surface area contributed by atoms with Crippen LogP contribution in [0.2, 0.25) is 10.0 Å². The average molecular weight is 391 g/mol. The number of ether oxygens (including phenoxy) is 2. The van der Waals surface area contributed by atoms with Crippen LogP contribution in [0, 0.1) is 11.3 Å². The maximum Gasteiger partial charge on any atom is 0.174 e. The number of H-pyrrole nitrogens is 1. The second kappa shape index (κ2) is 7.20. The summed E-state index contributed by atoms with van der Waals surface area (Å²) in [6, 6.07) is 3.61. The fraction of sp³-hybridized carbons (Fsp3) is 0.333. The normalized spacial score (nSPS) is 17.3. The van der Waals surface area contributed by atoms with Crippen LogP contribution in [-0.4, -0.2) is 28.0 Å². The molecular formula is C18H16Cl2N4O2. The smallest absolute Gasteiger partial charge is 0.174 e. The molecule has 1 atom stereocenters. The molecule has 0 bridgehead atoms. The highest BCUT2D eigenvalue weighted by atomic mass is 35.5. The number of hydrogen-bond acceptors (Lipinski definition) is 4. The van der Waals surface area contributed by atoms with E-state index in [1.54, 1.807) is 12.3 Å². The standard InChI is InChI=1S/C18H16Cl2N4O2/c19-13-7-14(25-6-4-21)16-12(9-22-18(16)17(13)20)11-8-23-24(10-11)15-3-1-2-5-26-15/h7-10,15,22H,1-3,5-6H2. The van der Waals surface area contributed by atoms with Crippen LogP contribution in [0.3, 0.4) is 0 Å². The van der Waals surface area contributed by atoms with Gasteiger partial charge in [0.25, 0.3) is 0 Å². The van der Waals surface area contributed by atoms with E-state index in [1.165, 1.54) is 0 Å². The van der Waals surface area contributed by atoms with Gasteiger partial charge in [-0.15, -0.1) is 0 Å². The zero-order chi connectivity index (χ0) is 18.1. The summed E-state index contributed by atoms with van der Waals surface area (Å²) in [4.78, 5) is 3.15. The summed E-state index contributed by atoms with van der Waals surface area (Å²) in [5, 5.41) is 14.9. The van der Waals surface area contributed by atoms with Crippen LogP contribution in [0.4, 0.5) is 0 Å². The van der Waals surface area contributed by atoms with Crippen molar-refractivity contribution in [3.63, 3.8) is 0 Å². The van der Waals surface area contributed by atoms with Gasteiger partial charge in [-0.05, 0) is 19.3 Å². The van der Waals surface area contributed by atoms with Crippen LogP contribution in [-0.2, 0) is 4.74 Å². The zero-order valence-corrected chi connectivity index (χ0v) is 15.3. The predicted octanol–water partition coefficient (Wildman–Crippen LogP) is 4.94. The lowest BCUT2D eigenvalue weighted by Crippen LogP contribution is -2.18. The first-order chi connectivity index (χ1) is 12.7. The van der Waals surface area contributed by atoms with Gasteiger partial charge in [0, 0.05) is 36.2 Å². The van der Waals surface area contributed by atoms with Crippen molar-refractivity contribution in [2.75, 3.05) is 13.2 Å². The van der Waals surface area contributed by atoms with Crippen LogP contribution in [0.15, 0.2) is 24.7 Å². The van der Waals surface area contributed by atoms with Crippen molar-refractivity contribution in [2.45, 2.75) is 25.5 Å². The van der Waals surface area contributed by atoms with Crippen LogP contribution in [0.5, 0.6) is 5.75 Å². The molecule has 1 fully saturated rings. The fourth-order valence-corrected chi connectivity index (χ4v) is 3.64. The molecule has 2 aromatic heterocycles. The molecule has 1 aliphatic heterocycles. The van der Waals surface area contributed by atoms with E-state index in [0.717, 1.165) is 42.4 Å². The number of benzene rings is 1. The summed E-state index contributed by atoms with van der Waals surface area (Å²) in [7, 11) is 0. The summed E-state index contributed by atoms with van der Waals surface area (Å²) in [6.45, 7) is 0.681. The van der Waals surface area contributed by atoms with E-state index >= 15 is 0 Å². The van der Waals surface area contributed by atoms with Gasteiger partial charge in [0.2, 0.25) is 0 Å². The third kappa shape index (κ3) is 3.03. The van der Waals surface area contributed by atoms with Gasteiger partial charge in [-0.1, -0.05) is 23.2 Å². The van der Waals surface area contributed by atoms with Gasteiger partial charge in [-0.25, -0.2) is 4.68 Å². The molecule has 0 aliphatic carbocycles. The van der Waals surface area contributed by atoms with Gasteiger partial charge >= 0.3 is 0 Å². The van der Waals surface area contributed by atoms with E-state index in [2.05, 4.69) is 10.1 Å². The molecule has 1 aliphatic rings. The summed E-state index contributed by atoms with van der Waals surface area (Å²) in [5.74, 6) is 0.508. The van der Waals surface area contributed by atoms with Crippen molar-refractivity contribution >= 4 is 34.1 Å². The Hall–Kier alpha value is -2.20. The largest absolute Gasteiger partial charge is 0.478 e. The van der Waals surface area contributed by atoms with Gasteiger partial charge < -0.3 is 14.5 Å². The Labute approximate surface area is 160 Å². The first-order valence-corrected chi connectivity index (χ1v) is 9.09. The second-order valence-corrected chi connectivity index (χ2v) is 6.89. The average Bonchev–Trinajstić information content (AvgIpc) is 3.31. The van der Waals surface area contributed by atoms with Crippen LogP contribution in [0.25, 0.3) is 22.0 Å². The van der Waals surface area contributed by atoms with Gasteiger partial charge in [-0.3, -0.25) is 0 Å². The second-order valence-electron chi connectivity index (χ2n) is 6.10. The first kappa shape index (κ1) is 17.2. The zero-order valence-electron chi connectivity index (χ0n) is 13.8. The number of rotatable bonds is 4. The number of nitriles is 1. The van der Waals surface area contributed by atoms with E-state index in [-0.39, 0.29) is 12.8 Å². The Kier molecular flexibility index (Phi) is 4.77. The van der Waals surface area contributed by atoms with Crippen molar-refractivity contribution in [2.24, 2.45) is 0 Å². The van der Waals surface area contributed by atoms with Crippen molar-refractivity contribution in [3.05, 3.63) is 34.7 Å². The van der Waals surface area contributed by atoms with Gasteiger partial charge in [-0.2, -0.15) is 10.4 Å². The van der Waals surface area contributed by atoms with E-state index in [4.69, 9.17) is 37.9 Å². The van der Waals surface area contributed by atoms with Crippen molar-refractivity contribution in [3.8, 4) is 22.9 Å². The van der Waals surface area contributed by atoms with E-state index in [9.17, 15) is 0 Å². The number of nitrogens with one attached hydrogen (secondary N) is 1. The number of aromatic nitrogens is 3. The monoisotopic (exact) mass is 390 g/mol. The molecular weight excluding hydrogens is 375 g/mol. The Balaban J connectivity index is 1.78. The first-order valence-electron chi connectivity index (χ1n) is 8.34. The number of fused-ring (bicyclic) bond motifs is 1. The van der Waals surface area contributed by atoms with E-state index in [1.807, 2.05) is 23.1 Å². The van der Waals surface area contributed by atoms with Crippen molar-refractivity contribution in [1.82, 2.24) is 14.8 Å². The maximum atomic E-state index is 8.84. The fourth-order valence-electron chi connectivity index (χ4n) is 3.24. The van der Waals surface area contributed by atoms with Crippen molar-refractivity contribution < 1.29 is 9.47 Å². The lowest BCUT2D eigenvalue weighted by Gasteiger charge is -2.22. The van der Waals surface area contributed by atoms with Crippen LogP contribution >= 0.6 is 23.2 Å². The number of hydrogen-bond donors (Lipinski definition) is 1. The molecule has 0 radical (unpaired) electrons. The summed E-state index contributed by atoms with van der Waals surface area (Å²) in [5.41, 5.74) is 2.46. The molecule has 4 rings (SSSR count). The molecule has 1 aromatic carbocycles. The van der Waals surface area contributed by atoms with Gasteiger partial charge in [0.15, 0.2) is 6.61 Å². The van der Waals surface area contributed by atoms with Gasteiger partial charge in [0.05, 0.1) is 27.1 Å². The summed E-state index contributed by atoms with van der Waals surface area (Å²) < 4.78 is 13.2. The van der Waals surface area contributed by atoms with E-state index in [0.29, 0.717) is 21.3 Å². The lowest BCUT2D eigenvalue weighted by atomic mass is 10.1. The van der Waals surface area contributed by atoms with Crippen molar-refractivity contribution in [1.29, 1.82) is 5.26 Å². The molecule has 0 amide bonds. The number of aromatic amines is 1. The molecule has 1 N–H and O–H groups in total. The molecule has 134 valence electrons. The quantitative estimate of drug-likeness (QED) is 0.684. The van der Waals surface area contributed by atoms with Gasteiger partial charge in [0.1, 0.15) is 18.0 Å². The SMILES string of the molecule is N#CCOc1cc(Cl)c(Cl)c2[nH]cc(-c3cnn(C4CCCCO4)c3)c12. The molecule has 8 heteroatoms. The topological polar surface area (TPSA) is 75.9 Å². The predicted molar refractivity (Wildman–Crippen MR) is 99.5 cm³/mol. The molecule has 0 spiro atoms. The number of nitrogens with zero attached hydrogens (tertiary/aromatic N) is 3. The molecule has 6 nitrogen and oxygen atoms in total. The highest BCUT2D eigenvalue weighted by molar-refractivity contribution is 6.45. The van der Waals surface area contributed by atoms with E-state index < -0.39 is 0 Å². The molecule has 3 aromatic rings. The molecule has 26 heavy (non-hydrogen) atoms. The minimum Gasteiger partial charge on any atom is -0.478 e. The third-order valence-corrected chi connectivity index (χ3v) is 5.26. The third-order valence-electron chi connectivity index (χ3n) is 4.47. The molecule has 3 heterocycles. The maximum absolute atomic E-state index is 8.84.